The van der Waals surface area contributed by atoms with Gasteiger partial charge in [-0.15, -0.1) is 0 Å². The number of rotatable bonds is 9. The van der Waals surface area contributed by atoms with Crippen molar-refractivity contribution in [2.45, 2.75) is 96.5 Å². The second kappa shape index (κ2) is 10.9. The summed E-state index contributed by atoms with van der Waals surface area (Å²) in [6.45, 7) is 13.7. The molecule has 0 radical (unpaired) electrons. The fourth-order valence-corrected chi connectivity index (χ4v) is 5.14. The minimum atomic E-state index is -2.21. The lowest BCUT2D eigenvalue weighted by molar-refractivity contribution is -0.143. The summed E-state index contributed by atoms with van der Waals surface area (Å²) in [5.74, 6) is -4.82. The van der Waals surface area contributed by atoms with E-state index in [1.54, 1.807) is 38.1 Å². The lowest BCUT2D eigenvalue weighted by Gasteiger charge is -2.41. The van der Waals surface area contributed by atoms with Crippen LogP contribution in [0, 0.1) is 13.8 Å². The topological polar surface area (TPSA) is 156 Å². The van der Waals surface area contributed by atoms with E-state index in [2.05, 4.69) is 0 Å². The third-order valence-corrected chi connectivity index (χ3v) is 7.28. The van der Waals surface area contributed by atoms with E-state index in [9.17, 15) is 40.2 Å². The van der Waals surface area contributed by atoms with Crippen LogP contribution in [0.5, 0.6) is 11.5 Å². The summed E-state index contributed by atoms with van der Waals surface area (Å²) in [6.07, 6.45) is -1.19. The number of phenolic OH excluding ortho intramolecular Hbond substituents is 2. The fourth-order valence-electron chi connectivity index (χ4n) is 5.14. The molecule has 0 saturated carbocycles. The van der Waals surface area contributed by atoms with Gasteiger partial charge in [0, 0.05) is 11.8 Å². The first-order valence-corrected chi connectivity index (χ1v) is 12.7. The highest BCUT2D eigenvalue weighted by molar-refractivity contribution is 5.70. The van der Waals surface area contributed by atoms with Crippen molar-refractivity contribution in [1.29, 1.82) is 0 Å². The summed E-state index contributed by atoms with van der Waals surface area (Å²) in [7, 11) is 0. The number of aliphatic carboxylic acids is 2. The molecule has 2 aromatic carbocycles. The van der Waals surface area contributed by atoms with Crippen molar-refractivity contribution in [3.05, 3.63) is 57.6 Å². The molecule has 0 saturated heterocycles. The normalized spacial score (nSPS) is 15.5. The van der Waals surface area contributed by atoms with E-state index in [-0.39, 0.29) is 11.5 Å². The Labute approximate surface area is 224 Å². The van der Waals surface area contributed by atoms with Crippen molar-refractivity contribution in [1.82, 2.24) is 0 Å². The van der Waals surface area contributed by atoms with Crippen molar-refractivity contribution in [3.8, 4) is 11.5 Å². The third kappa shape index (κ3) is 6.48. The Bertz CT molecular complexity index is 1110. The lowest BCUT2D eigenvalue weighted by atomic mass is 9.67. The number of carboxylic acid groups (broad SMARTS) is 2. The van der Waals surface area contributed by atoms with Gasteiger partial charge < -0.3 is 30.6 Å². The van der Waals surface area contributed by atoms with Gasteiger partial charge in [0.05, 0.1) is 19.4 Å². The number of benzene rings is 2. The van der Waals surface area contributed by atoms with E-state index in [1.807, 2.05) is 41.5 Å². The van der Waals surface area contributed by atoms with Gasteiger partial charge in [0.15, 0.2) is 0 Å². The Balaban J connectivity index is 2.92. The average Bonchev–Trinajstić information content (AvgIpc) is 2.77. The molecule has 0 spiro atoms. The van der Waals surface area contributed by atoms with Crippen LogP contribution < -0.4 is 0 Å². The van der Waals surface area contributed by atoms with Crippen LogP contribution in [0.25, 0.3) is 0 Å². The number of aryl methyl sites for hydroxylation is 2. The predicted molar refractivity (Wildman–Crippen MR) is 145 cm³/mol. The van der Waals surface area contributed by atoms with E-state index in [0.717, 1.165) is 0 Å². The monoisotopic (exact) mass is 530 g/mol. The molecule has 2 rings (SSSR count). The van der Waals surface area contributed by atoms with E-state index in [4.69, 9.17) is 0 Å². The first-order chi connectivity index (χ1) is 17.2. The van der Waals surface area contributed by atoms with Gasteiger partial charge in [-0.05, 0) is 58.1 Å². The summed E-state index contributed by atoms with van der Waals surface area (Å²) in [4.78, 5) is 24.1. The quantitative estimate of drug-likeness (QED) is 0.269. The molecule has 0 heterocycles. The van der Waals surface area contributed by atoms with Crippen molar-refractivity contribution >= 4 is 11.9 Å². The molecule has 0 fully saturated rings. The number of aliphatic hydroxyl groups excluding tert-OH is 1. The number of carbonyl (C=O) groups is 2. The zero-order chi connectivity index (χ0) is 29.4. The van der Waals surface area contributed by atoms with Gasteiger partial charge >= 0.3 is 11.9 Å². The van der Waals surface area contributed by atoms with Gasteiger partial charge in [0.1, 0.15) is 17.1 Å². The van der Waals surface area contributed by atoms with Crippen LogP contribution in [0.1, 0.15) is 99.6 Å². The minimum absolute atomic E-state index is 0.0499. The van der Waals surface area contributed by atoms with E-state index < -0.39 is 59.7 Å². The van der Waals surface area contributed by atoms with E-state index >= 15 is 0 Å². The number of aromatic hydroxyl groups is 2. The second-order valence-electron chi connectivity index (χ2n) is 12.4. The zero-order valence-corrected chi connectivity index (χ0v) is 23.6. The Morgan fingerprint density at radius 2 is 1.03 bits per heavy atom. The molecular weight excluding hydrogens is 488 g/mol. The SMILES string of the molecule is Cc1cc(C(CC(=O)O)C(O)(CO)C(CC(=O)O)c2cc(C)c(O)c(C(C)(C)C)c2)cc(C(C)(C)C)c1O. The first kappa shape index (κ1) is 31.1. The number of aliphatic hydroxyl groups is 2. The molecule has 0 aliphatic carbocycles. The summed E-state index contributed by atoms with van der Waals surface area (Å²) < 4.78 is 0. The molecule has 0 aliphatic rings. The van der Waals surface area contributed by atoms with Gasteiger partial charge in [-0.2, -0.15) is 0 Å². The number of phenols is 2. The molecule has 210 valence electrons. The minimum Gasteiger partial charge on any atom is -0.507 e. The molecule has 0 bridgehead atoms. The predicted octanol–water partition coefficient (Wildman–Crippen LogP) is 4.85. The van der Waals surface area contributed by atoms with Crippen molar-refractivity contribution in [2.24, 2.45) is 0 Å². The van der Waals surface area contributed by atoms with E-state index in [0.29, 0.717) is 33.4 Å². The van der Waals surface area contributed by atoms with Gasteiger partial charge in [0.2, 0.25) is 0 Å². The Hall–Kier alpha value is -3.10. The molecule has 8 nitrogen and oxygen atoms in total. The van der Waals surface area contributed by atoms with Crippen LogP contribution in [0.2, 0.25) is 0 Å². The van der Waals surface area contributed by atoms with Crippen LogP contribution in [-0.4, -0.2) is 54.8 Å². The van der Waals surface area contributed by atoms with Crippen LogP contribution in [0.4, 0.5) is 0 Å². The van der Waals surface area contributed by atoms with Gasteiger partial charge in [-0.1, -0.05) is 65.8 Å². The highest BCUT2D eigenvalue weighted by atomic mass is 16.4. The van der Waals surface area contributed by atoms with E-state index in [1.165, 1.54) is 0 Å². The summed E-state index contributed by atoms with van der Waals surface area (Å²) in [5.41, 5.74) is -0.521. The number of hydrogen-bond donors (Lipinski definition) is 6. The Kier molecular flexibility index (Phi) is 8.96. The maximum atomic E-state index is 12.2. The largest absolute Gasteiger partial charge is 0.507 e. The molecule has 38 heavy (non-hydrogen) atoms. The molecule has 2 unspecified atom stereocenters. The molecular formula is C30H42O8. The van der Waals surface area contributed by atoms with Gasteiger partial charge in [-0.25, -0.2) is 0 Å². The molecule has 6 N–H and O–H groups in total. The van der Waals surface area contributed by atoms with Crippen molar-refractivity contribution in [2.75, 3.05) is 6.61 Å². The fraction of sp³-hybridized carbons (Fsp3) is 0.533. The maximum absolute atomic E-state index is 12.2. The Morgan fingerprint density at radius 1 is 0.711 bits per heavy atom. The van der Waals surface area contributed by atoms with Crippen LogP contribution >= 0.6 is 0 Å². The highest BCUT2D eigenvalue weighted by Crippen LogP contribution is 2.47. The van der Waals surface area contributed by atoms with Crippen LogP contribution in [-0.2, 0) is 20.4 Å². The van der Waals surface area contributed by atoms with Crippen molar-refractivity contribution in [3.63, 3.8) is 0 Å². The summed E-state index contributed by atoms with van der Waals surface area (Å²) >= 11 is 0. The molecule has 2 aromatic rings. The zero-order valence-electron chi connectivity index (χ0n) is 23.6. The second-order valence-corrected chi connectivity index (χ2v) is 12.4. The average molecular weight is 531 g/mol. The highest BCUT2D eigenvalue weighted by Gasteiger charge is 2.47. The first-order valence-electron chi connectivity index (χ1n) is 12.7. The smallest absolute Gasteiger partial charge is 0.304 e. The van der Waals surface area contributed by atoms with Crippen LogP contribution in [0.15, 0.2) is 24.3 Å². The van der Waals surface area contributed by atoms with Gasteiger partial charge in [0.25, 0.3) is 0 Å². The summed E-state index contributed by atoms with van der Waals surface area (Å²) in [6, 6.07) is 6.38. The van der Waals surface area contributed by atoms with Gasteiger partial charge in [-0.3, -0.25) is 9.59 Å². The lowest BCUT2D eigenvalue weighted by Crippen LogP contribution is -2.47. The third-order valence-electron chi connectivity index (χ3n) is 7.28. The maximum Gasteiger partial charge on any atom is 0.304 e. The van der Waals surface area contributed by atoms with Crippen LogP contribution in [0.3, 0.4) is 0 Å². The summed E-state index contributed by atoms with van der Waals surface area (Å²) in [5, 5.41) is 63.9. The number of hydrogen-bond acceptors (Lipinski definition) is 6. The molecule has 0 amide bonds. The Morgan fingerprint density at radius 3 is 1.26 bits per heavy atom. The molecule has 0 aromatic heterocycles. The number of carboxylic acids is 2. The molecule has 0 aliphatic heterocycles. The standard InChI is InChI=1S/C30H42O8/c1-16-9-18(11-22(26(16)36)28(3,4)5)20(13-24(32)33)30(38,15-31)21(14-25(34)35)19-10-17(2)27(37)23(12-19)29(6,7)8/h9-12,20-21,31,36-38H,13-15H2,1-8H3,(H,32,33)(H,34,35). The van der Waals surface area contributed by atoms with Crippen molar-refractivity contribution < 1.29 is 40.2 Å². The molecule has 2 atom stereocenters. The molecule has 8 heteroatoms.